The number of amides is 1. The molecule has 0 saturated carbocycles. The van der Waals surface area contributed by atoms with Crippen molar-refractivity contribution in [1.29, 1.82) is 0 Å². The fourth-order valence-corrected chi connectivity index (χ4v) is 2.91. The molecule has 1 aliphatic heterocycles. The number of benzene rings is 2. The van der Waals surface area contributed by atoms with E-state index in [0.717, 1.165) is 24.4 Å². The molecule has 1 heterocycles. The van der Waals surface area contributed by atoms with Gasteiger partial charge in [0.25, 0.3) is 5.91 Å². The van der Waals surface area contributed by atoms with Crippen molar-refractivity contribution < 1.29 is 9.53 Å². The van der Waals surface area contributed by atoms with E-state index in [1.165, 1.54) is 0 Å². The van der Waals surface area contributed by atoms with Crippen LogP contribution >= 0.6 is 0 Å². The van der Waals surface area contributed by atoms with Gasteiger partial charge in [0.1, 0.15) is 12.4 Å². The van der Waals surface area contributed by atoms with Gasteiger partial charge in [-0.1, -0.05) is 30.3 Å². The van der Waals surface area contributed by atoms with Gasteiger partial charge < -0.3 is 15.0 Å². The van der Waals surface area contributed by atoms with Crippen LogP contribution in [0.15, 0.2) is 54.6 Å². The van der Waals surface area contributed by atoms with Gasteiger partial charge in [-0.05, 0) is 43.7 Å². The van der Waals surface area contributed by atoms with E-state index in [4.69, 9.17) is 4.74 Å². The highest BCUT2D eigenvalue weighted by Crippen LogP contribution is 2.17. The summed E-state index contributed by atoms with van der Waals surface area (Å²) in [4.78, 5) is 14.6. The third-order valence-corrected chi connectivity index (χ3v) is 4.37. The summed E-state index contributed by atoms with van der Waals surface area (Å²) in [6, 6.07) is 18.0. The molecule has 1 fully saturated rings. The molecule has 4 nitrogen and oxygen atoms in total. The lowest BCUT2D eigenvalue weighted by Crippen LogP contribution is -2.56. The minimum absolute atomic E-state index is 0.0884. The Kier molecular flexibility index (Phi) is 5.16. The molecule has 2 atom stereocenters. The second-order valence-corrected chi connectivity index (χ2v) is 6.41. The molecule has 1 N–H and O–H groups in total. The number of carbonyl (C=O) groups excluding carboxylic acids is 1. The van der Waals surface area contributed by atoms with Gasteiger partial charge in [0.15, 0.2) is 0 Å². The number of ether oxygens (including phenoxy) is 1. The van der Waals surface area contributed by atoms with E-state index in [1.54, 1.807) is 0 Å². The number of carbonyl (C=O) groups is 1. The third kappa shape index (κ3) is 3.95. The van der Waals surface area contributed by atoms with E-state index in [-0.39, 0.29) is 11.9 Å². The summed E-state index contributed by atoms with van der Waals surface area (Å²) in [6.07, 6.45) is 0. The van der Waals surface area contributed by atoms with Crippen molar-refractivity contribution in [1.82, 2.24) is 10.2 Å². The Morgan fingerprint density at radius 2 is 1.83 bits per heavy atom. The van der Waals surface area contributed by atoms with Crippen LogP contribution in [-0.4, -0.2) is 36.0 Å². The van der Waals surface area contributed by atoms with Crippen molar-refractivity contribution in [3.05, 3.63) is 65.7 Å². The molecule has 2 aromatic carbocycles. The molecule has 2 aromatic rings. The fourth-order valence-electron chi connectivity index (χ4n) is 2.91. The third-order valence-electron chi connectivity index (χ3n) is 4.37. The highest BCUT2D eigenvalue weighted by atomic mass is 16.5. The Hall–Kier alpha value is -2.33. The fraction of sp³-hybridized carbons (Fsp3) is 0.350. The highest BCUT2D eigenvalue weighted by Gasteiger charge is 2.27. The first-order valence-electron chi connectivity index (χ1n) is 8.44. The maximum atomic E-state index is 12.7. The summed E-state index contributed by atoms with van der Waals surface area (Å²) in [6.45, 7) is 6.29. The van der Waals surface area contributed by atoms with Crippen LogP contribution < -0.4 is 10.1 Å². The van der Waals surface area contributed by atoms with Gasteiger partial charge in [0, 0.05) is 30.7 Å². The molecule has 0 spiro atoms. The zero-order valence-electron chi connectivity index (χ0n) is 14.2. The van der Waals surface area contributed by atoms with E-state index in [0.29, 0.717) is 18.2 Å². The normalized spacial score (nSPS) is 20.7. The largest absolute Gasteiger partial charge is 0.489 e. The minimum Gasteiger partial charge on any atom is -0.489 e. The SMILES string of the molecule is CC1CN(C(=O)c2ccc(OCc3ccccc3)cc2)C(C)CN1. The molecule has 2 unspecified atom stereocenters. The molecule has 0 aromatic heterocycles. The first-order valence-corrected chi connectivity index (χ1v) is 8.44. The average Bonchev–Trinajstić information content (AvgIpc) is 2.63. The number of hydrogen-bond acceptors (Lipinski definition) is 3. The van der Waals surface area contributed by atoms with Crippen molar-refractivity contribution in [3.63, 3.8) is 0 Å². The Bertz CT molecular complexity index is 670. The zero-order chi connectivity index (χ0) is 16.9. The molecule has 1 amide bonds. The molecule has 4 heteroatoms. The highest BCUT2D eigenvalue weighted by molar-refractivity contribution is 5.94. The van der Waals surface area contributed by atoms with Crippen LogP contribution in [0.3, 0.4) is 0 Å². The number of nitrogens with one attached hydrogen (secondary N) is 1. The molecule has 126 valence electrons. The first-order chi connectivity index (χ1) is 11.6. The maximum Gasteiger partial charge on any atom is 0.254 e. The van der Waals surface area contributed by atoms with Gasteiger partial charge in [-0.15, -0.1) is 0 Å². The number of nitrogens with zero attached hydrogens (tertiary/aromatic N) is 1. The molecule has 0 aliphatic carbocycles. The topological polar surface area (TPSA) is 41.6 Å². The van der Waals surface area contributed by atoms with Crippen LogP contribution in [0.25, 0.3) is 0 Å². The lowest BCUT2D eigenvalue weighted by atomic mass is 10.1. The lowest BCUT2D eigenvalue weighted by Gasteiger charge is -2.37. The Morgan fingerprint density at radius 3 is 2.54 bits per heavy atom. The number of rotatable bonds is 4. The summed E-state index contributed by atoms with van der Waals surface area (Å²) in [5.74, 6) is 0.864. The molecular weight excluding hydrogens is 300 g/mol. The number of piperazine rings is 1. The average molecular weight is 324 g/mol. The molecular formula is C20H24N2O2. The van der Waals surface area contributed by atoms with Crippen molar-refractivity contribution in [2.45, 2.75) is 32.5 Å². The van der Waals surface area contributed by atoms with Gasteiger partial charge in [0.05, 0.1) is 0 Å². The van der Waals surface area contributed by atoms with Crippen molar-refractivity contribution >= 4 is 5.91 Å². The van der Waals surface area contributed by atoms with Crippen molar-refractivity contribution in [3.8, 4) is 5.75 Å². The van der Waals surface area contributed by atoms with Crippen LogP contribution in [0, 0.1) is 0 Å². The summed E-state index contributed by atoms with van der Waals surface area (Å²) in [7, 11) is 0. The Labute approximate surface area is 143 Å². The monoisotopic (exact) mass is 324 g/mol. The van der Waals surface area contributed by atoms with E-state index in [2.05, 4.69) is 19.2 Å². The van der Waals surface area contributed by atoms with Gasteiger partial charge in [-0.25, -0.2) is 0 Å². The van der Waals surface area contributed by atoms with E-state index < -0.39 is 0 Å². The second kappa shape index (κ2) is 7.49. The predicted molar refractivity (Wildman–Crippen MR) is 95.2 cm³/mol. The van der Waals surface area contributed by atoms with Crippen LogP contribution in [0.2, 0.25) is 0 Å². The summed E-state index contributed by atoms with van der Waals surface area (Å²) >= 11 is 0. The summed E-state index contributed by atoms with van der Waals surface area (Å²) < 4.78 is 5.78. The van der Waals surface area contributed by atoms with Crippen LogP contribution in [-0.2, 0) is 6.61 Å². The van der Waals surface area contributed by atoms with E-state index in [9.17, 15) is 4.79 Å². The molecule has 3 rings (SSSR count). The van der Waals surface area contributed by atoms with Crippen LogP contribution in [0.4, 0.5) is 0 Å². The minimum atomic E-state index is 0.0884. The summed E-state index contributed by atoms with van der Waals surface area (Å²) in [5, 5.41) is 3.40. The summed E-state index contributed by atoms with van der Waals surface area (Å²) in [5.41, 5.74) is 1.84. The predicted octanol–water partition coefficient (Wildman–Crippen LogP) is 3.09. The van der Waals surface area contributed by atoms with Crippen LogP contribution in [0.5, 0.6) is 5.75 Å². The zero-order valence-corrected chi connectivity index (χ0v) is 14.2. The van der Waals surface area contributed by atoms with Gasteiger partial charge in [0.2, 0.25) is 0 Å². The smallest absolute Gasteiger partial charge is 0.254 e. The first kappa shape index (κ1) is 16.5. The standard InChI is InChI=1S/C20H24N2O2/c1-15-13-22(16(2)12-21-15)20(23)18-8-10-19(11-9-18)24-14-17-6-4-3-5-7-17/h3-11,15-16,21H,12-14H2,1-2H3. The molecule has 24 heavy (non-hydrogen) atoms. The van der Waals surface area contributed by atoms with Gasteiger partial charge >= 0.3 is 0 Å². The molecule has 0 radical (unpaired) electrons. The lowest BCUT2D eigenvalue weighted by molar-refractivity contribution is 0.0616. The van der Waals surface area contributed by atoms with Crippen LogP contribution in [0.1, 0.15) is 29.8 Å². The maximum absolute atomic E-state index is 12.7. The van der Waals surface area contributed by atoms with Gasteiger partial charge in [-0.3, -0.25) is 4.79 Å². The number of hydrogen-bond donors (Lipinski definition) is 1. The second-order valence-electron chi connectivity index (χ2n) is 6.41. The van der Waals surface area contributed by atoms with Gasteiger partial charge in [-0.2, -0.15) is 0 Å². The molecule has 0 bridgehead atoms. The van der Waals surface area contributed by atoms with Crippen molar-refractivity contribution in [2.24, 2.45) is 0 Å². The Balaban J connectivity index is 1.62. The van der Waals surface area contributed by atoms with E-state index >= 15 is 0 Å². The Morgan fingerprint density at radius 1 is 1.12 bits per heavy atom. The molecule has 1 saturated heterocycles. The molecule has 1 aliphatic rings. The quantitative estimate of drug-likeness (QED) is 0.940. The van der Waals surface area contributed by atoms with Crippen molar-refractivity contribution in [2.75, 3.05) is 13.1 Å². The van der Waals surface area contributed by atoms with E-state index in [1.807, 2.05) is 59.5 Å².